The minimum absolute atomic E-state index is 0.00926. The number of carbonyl (C=O) groups excluding carboxylic acids is 1. The number of rotatable bonds is 2. The predicted molar refractivity (Wildman–Crippen MR) is 30.4 cm³/mol. The van der Waals surface area contributed by atoms with Crippen molar-refractivity contribution >= 4 is 20.7 Å². The molecule has 42 valence electrons. The number of carbonyl (C=O) groups is 1. The first-order chi connectivity index (χ1) is 3.18. The van der Waals surface area contributed by atoms with Crippen LogP contribution in [-0.4, -0.2) is 26.7 Å². The third-order valence-corrected chi connectivity index (χ3v) is 1.45. The molecule has 0 aromatic carbocycles. The Hall–Kier alpha value is 0.149. The van der Waals surface area contributed by atoms with Crippen LogP contribution < -0.4 is 5.73 Å². The Bertz CT molecular complexity index is 74.1. The molecule has 0 rings (SSSR count). The molecule has 0 aromatic rings. The molecule has 0 aliphatic carbocycles. The van der Waals surface area contributed by atoms with Crippen molar-refractivity contribution in [3.05, 3.63) is 0 Å². The van der Waals surface area contributed by atoms with Gasteiger partial charge in [-0.3, -0.25) is 0 Å². The molecule has 2 nitrogen and oxygen atoms in total. The Morgan fingerprint density at radius 3 is 2.43 bits per heavy atom. The van der Waals surface area contributed by atoms with Crippen LogP contribution in [0.15, 0.2) is 0 Å². The Morgan fingerprint density at radius 1 is 2.00 bits per heavy atom. The summed E-state index contributed by atoms with van der Waals surface area (Å²) in [5.74, 6) is 0. The van der Waals surface area contributed by atoms with Crippen molar-refractivity contribution in [2.75, 3.05) is 0 Å². The van der Waals surface area contributed by atoms with Gasteiger partial charge in [0.1, 0.15) is 0 Å². The van der Waals surface area contributed by atoms with E-state index in [0.29, 0.717) is 0 Å². The molecule has 0 fully saturated rings. The van der Waals surface area contributed by atoms with Crippen LogP contribution in [0, 0.1) is 0 Å². The molecule has 3 heteroatoms. The summed E-state index contributed by atoms with van der Waals surface area (Å²) in [6, 6.07) is -0.264. The van der Waals surface area contributed by atoms with Gasteiger partial charge in [0.05, 0.1) is 0 Å². The molecule has 0 amide bonds. The fraction of sp³-hybridized carbons (Fsp3) is 0.750. The summed E-state index contributed by atoms with van der Waals surface area (Å²) in [5.41, 5.74) is 5.25. The van der Waals surface area contributed by atoms with E-state index in [9.17, 15) is 4.79 Å². The van der Waals surface area contributed by atoms with E-state index in [0.717, 1.165) is 6.42 Å². The van der Waals surface area contributed by atoms with Gasteiger partial charge in [-0.05, 0) is 0 Å². The van der Waals surface area contributed by atoms with Gasteiger partial charge >= 0.3 is 50.6 Å². The molecule has 0 bridgehead atoms. The first kappa shape index (κ1) is 7.15. The SMILES string of the molecule is CC[C@H](N)C(=O)[SeH]. The third kappa shape index (κ3) is 2.80. The first-order valence-electron chi connectivity index (χ1n) is 2.17. The molecule has 0 saturated carbocycles. The van der Waals surface area contributed by atoms with Crippen molar-refractivity contribution in [2.24, 2.45) is 5.73 Å². The second kappa shape index (κ2) is 3.19. The zero-order valence-corrected chi connectivity index (χ0v) is 6.09. The molecule has 0 heterocycles. The molecule has 0 radical (unpaired) electrons. The molecule has 0 saturated heterocycles. The molecule has 2 N–H and O–H groups in total. The van der Waals surface area contributed by atoms with Crippen LogP contribution in [0.4, 0.5) is 0 Å². The van der Waals surface area contributed by atoms with Gasteiger partial charge in [-0.25, -0.2) is 0 Å². The molecular weight excluding hydrogens is 157 g/mol. The van der Waals surface area contributed by atoms with Crippen molar-refractivity contribution in [3.8, 4) is 0 Å². The normalized spacial score (nSPS) is 13.6. The van der Waals surface area contributed by atoms with Gasteiger partial charge in [0, 0.05) is 0 Å². The summed E-state index contributed by atoms with van der Waals surface area (Å²) < 4.78 is 0.00926. The summed E-state index contributed by atoms with van der Waals surface area (Å²) in [6.45, 7) is 1.88. The topological polar surface area (TPSA) is 43.1 Å². The summed E-state index contributed by atoms with van der Waals surface area (Å²) in [4.78, 5) is 10.2. The number of hydrogen-bond acceptors (Lipinski definition) is 2. The average Bonchev–Trinajstić information content (AvgIpc) is 1.65. The monoisotopic (exact) mass is 167 g/mol. The van der Waals surface area contributed by atoms with Crippen molar-refractivity contribution in [1.82, 2.24) is 0 Å². The van der Waals surface area contributed by atoms with Gasteiger partial charge in [-0.2, -0.15) is 0 Å². The van der Waals surface area contributed by atoms with Crippen molar-refractivity contribution in [3.63, 3.8) is 0 Å². The molecule has 0 aliphatic heterocycles. The Labute approximate surface area is 51.3 Å². The maximum absolute atomic E-state index is 10.2. The summed E-state index contributed by atoms with van der Waals surface area (Å²) in [7, 11) is 0. The second-order valence-corrected chi connectivity index (χ2v) is 2.28. The van der Waals surface area contributed by atoms with Crippen LogP contribution in [0.25, 0.3) is 0 Å². The Morgan fingerprint density at radius 2 is 2.43 bits per heavy atom. The van der Waals surface area contributed by atoms with E-state index in [1.807, 2.05) is 22.9 Å². The standard InChI is InChI=1S/C4H9NOSe/c1-2-3(5)4(6)7/h3H,2,5H2,1H3,(H,6,7)/t3-/m0/s1. The Kier molecular flexibility index (Phi) is 3.26. The van der Waals surface area contributed by atoms with Crippen LogP contribution >= 0.6 is 0 Å². The van der Waals surface area contributed by atoms with Crippen LogP contribution in [0.5, 0.6) is 0 Å². The van der Waals surface area contributed by atoms with Gasteiger partial charge in [-0.15, -0.1) is 0 Å². The summed E-state index contributed by atoms with van der Waals surface area (Å²) >= 11 is 1.92. The maximum atomic E-state index is 10.2. The van der Waals surface area contributed by atoms with E-state index in [1.54, 1.807) is 0 Å². The van der Waals surface area contributed by atoms with E-state index in [-0.39, 0.29) is 10.7 Å². The van der Waals surface area contributed by atoms with E-state index in [1.165, 1.54) is 0 Å². The molecule has 0 aromatic heterocycles. The number of hydrogen-bond donors (Lipinski definition) is 1. The fourth-order valence-corrected chi connectivity index (χ4v) is 0.558. The average molecular weight is 166 g/mol. The van der Waals surface area contributed by atoms with Gasteiger partial charge in [0.25, 0.3) is 0 Å². The van der Waals surface area contributed by atoms with Crippen LogP contribution in [0.2, 0.25) is 0 Å². The van der Waals surface area contributed by atoms with Crippen molar-refractivity contribution < 1.29 is 4.79 Å². The van der Waals surface area contributed by atoms with Crippen LogP contribution in [0.3, 0.4) is 0 Å². The quantitative estimate of drug-likeness (QED) is 0.543. The van der Waals surface area contributed by atoms with Crippen molar-refractivity contribution in [2.45, 2.75) is 19.4 Å². The minimum atomic E-state index is -0.264. The van der Waals surface area contributed by atoms with E-state index in [2.05, 4.69) is 0 Å². The molecule has 0 spiro atoms. The summed E-state index contributed by atoms with van der Waals surface area (Å²) in [6.07, 6.45) is 0.730. The molecule has 7 heavy (non-hydrogen) atoms. The third-order valence-electron chi connectivity index (χ3n) is 0.757. The van der Waals surface area contributed by atoms with Gasteiger partial charge < -0.3 is 0 Å². The second-order valence-electron chi connectivity index (χ2n) is 1.35. The molecule has 0 unspecified atom stereocenters. The summed E-state index contributed by atoms with van der Waals surface area (Å²) in [5, 5.41) is 0. The fourth-order valence-electron chi connectivity index (χ4n) is 0.175. The molecular formula is C4H9NOSe. The zero-order chi connectivity index (χ0) is 5.86. The van der Waals surface area contributed by atoms with E-state index in [4.69, 9.17) is 5.73 Å². The van der Waals surface area contributed by atoms with Crippen LogP contribution in [-0.2, 0) is 4.79 Å². The first-order valence-corrected chi connectivity index (χ1v) is 3.10. The van der Waals surface area contributed by atoms with Gasteiger partial charge in [-0.1, -0.05) is 0 Å². The zero-order valence-electron chi connectivity index (χ0n) is 4.22. The van der Waals surface area contributed by atoms with Gasteiger partial charge in [0.2, 0.25) is 0 Å². The molecule has 1 atom stereocenters. The van der Waals surface area contributed by atoms with Crippen molar-refractivity contribution in [1.29, 1.82) is 0 Å². The van der Waals surface area contributed by atoms with Gasteiger partial charge in [0.15, 0.2) is 0 Å². The van der Waals surface area contributed by atoms with E-state index >= 15 is 0 Å². The molecule has 0 aliphatic rings. The van der Waals surface area contributed by atoms with Crippen LogP contribution in [0.1, 0.15) is 13.3 Å². The number of nitrogens with two attached hydrogens (primary N) is 1. The Balaban J connectivity index is 3.34. The predicted octanol–water partition coefficient (Wildman–Crippen LogP) is -0.849. The van der Waals surface area contributed by atoms with E-state index < -0.39 is 0 Å².